The summed E-state index contributed by atoms with van der Waals surface area (Å²) >= 11 is 0. The first-order valence-corrected chi connectivity index (χ1v) is 7.08. The van der Waals surface area contributed by atoms with Gasteiger partial charge in [0, 0.05) is 37.8 Å². The number of benzene rings is 1. The van der Waals surface area contributed by atoms with E-state index in [0.29, 0.717) is 19.7 Å². The molecular weight excluding hydrogens is 256 g/mol. The van der Waals surface area contributed by atoms with Crippen LogP contribution in [0.1, 0.15) is 12.5 Å². The van der Waals surface area contributed by atoms with Gasteiger partial charge in [-0.25, -0.2) is 0 Å². The van der Waals surface area contributed by atoms with Crippen molar-refractivity contribution < 1.29 is 14.3 Å². The number of hydrogen-bond donors (Lipinski definition) is 0. The van der Waals surface area contributed by atoms with E-state index in [0.717, 1.165) is 37.6 Å². The highest BCUT2D eigenvalue weighted by Gasteiger charge is 2.19. The van der Waals surface area contributed by atoms with Crippen molar-refractivity contribution in [1.82, 2.24) is 4.90 Å². The molecule has 20 heavy (non-hydrogen) atoms. The fourth-order valence-corrected chi connectivity index (χ4v) is 2.67. The highest BCUT2D eigenvalue weighted by atomic mass is 16.5. The van der Waals surface area contributed by atoms with Crippen LogP contribution in [0.15, 0.2) is 18.2 Å². The summed E-state index contributed by atoms with van der Waals surface area (Å²) in [5.41, 5.74) is 2.27. The number of ether oxygens (including phenoxy) is 2. The summed E-state index contributed by atoms with van der Waals surface area (Å²) in [6.45, 7) is 6.81. The largest absolute Gasteiger partial charge is 0.491 e. The molecule has 108 valence electrons. The Bertz CT molecular complexity index is 498. The second-order valence-electron chi connectivity index (χ2n) is 5.18. The van der Waals surface area contributed by atoms with Crippen molar-refractivity contribution in [3.63, 3.8) is 0 Å². The number of anilines is 1. The molecule has 0 saturated carbocycles. The summed E-state index contributed by atoms with van der Waals surface area (Å²) in [7, 11) is 0. The Hall–Kier alpha value is -1.75. The van der Waals surface area contributed by atoms with Gasteiger partial charge in [-0.1, -0.05) is 0 Å². The van der Waals surface area contributed by atoms with Crippen LogP contribution in [0.3, 0.4) is 0 Å². The Morgan fingerprint density at radius 2 is 1.95 bits per heavy atom. The lowest BCUT2D eigenvalue weighted by molar-refractivity contribution is -0.129. The Kier molecular flexibility index (Phi) is 3.78. The van der Waals surface area contributed by atoms with Crippen LogP contribution in [0.4, 0.5) is 5.69 Å². The molecule has 1 saturated heterocycles. The van der Waals surface area contributed by atoms with Gasteiger partial charge in [0.05, 0.1) is 19.8 Å². The van der Waals surface area contributed by atoms with Gasteiger partial charge in [0.2, 0.25) is 5.91 Å². The van der Waals surface area contributed by atoms with Gasteiger partial charge in [-0.2, -0.15) is 0 Å². The second kappa shape index (κ2) is 5.71. The lowest BCUT2D eigenvalue weighted by atomic mass is 10.1. The summed E-state index contributed by atoms with van der Waals surface area (Å²) in [5.74, 6) is 0.990. The number of hydrogen-bond acceptors (Lipinski definition) is 4. The van der Waals surface area contributed by atoms with E-state index in [1.807, 2.05) is 11.0 Å². The highest BCUT2D eigenvalue weighted by molar-refractivity contribution is 5.73. The summed E-state index contributed by atoms with van der Waals surface area (Å²) in [6.07, 6.45) is 0. The molecule has 5 heteroatoms. The number of fused-ring (bicyclic) bond motifs is 1. The molecule has 0 unspecified atom stereocenters. The van der Waals surface area contributed by atoms with E-state index in [2.05, 4.69) is 17.0 Å². The van der Waals surface area contributed by atoms with Crippen molar-refractivity contribution in [2.45, 2.75) is 13.5 Å². The molecule has 2 aliphatic rings. The van der Waals surface area contributed by atoms with E-state index in [4.69, 9.17) is 9.47 Å². The molecule has 2 heterocycles. The first-order chi connectivity index (χ1) is 9.74. The maximum absolute atomic E-state index is 11.6. The van der Waals surface area contributed by atoms with E-state index in [1.54, 1.807) is 6.92 Å². The second-order valence-corrected chi connectivity index (χ2v) is 5.18. The lowest BCUT2D eigenvalue weighted by Gasteiger charge is -2.29. The molecule has 5 nitrogen and oxygen atoms in total. The molecule has 1 amide bonds. The zero-order chi connectivity index (χ0) is 13.9. The van der Waals surface area contributed by atoms with Crippen molar-refractivity contribution in [1.29, 1.82) is 0 Å². The average Bonchev–Trinajstić information content (AvgIpc) is 2.69. The highest BCUT2D eigenvalue weighted by Crippen LogP contribution is 2.28. The number of carbonyl (C=O) groups excluding carboxylic acids is 1. The van der Waals surface area contributed by atoms with Crippen LogP contribution in [0.2, 0.25) is 0 Å². The SMILES string of the molecule is CC(=O)N1CCOc2ccc(N3CCOCC3)cc2C1. The van der Waals surface area contributed by atoms with E-state index < -0.39 is 0 Å². The van der Waals surface area contributed by atoms with Gasteiger partial charge in [-0.05, 0) is 18.2 Å². The Balaban J connectivity index is 1.84. The third-order valence-corrected chi connectivity index (χ3v) is 3.85. The quantitative estimate of drug-likeness (QED) is 0.774. The van der Waals surface area contributed by atoms with Gasteiger partial charge in [0.25, 0.3) is 0 Å². The predicted octanol–water partition coefficient (Wildman–Crippen LogP) is 1.26. The van der Waals surface area contributed by atoms with Gasteiger partial charge in [0.1, 0.15) is 12.4 Å². The number of morpholine rings is 1. The minimum absolute atomic E-state index is 0.0956. The normalized spacial score (nSPS) is 19.1. The third-order valence-electron chi connectivity index (χ3n) is 3.85. The maximum Gasteiger partial charge on any atom is 0.219 e. The lowest BCUT2D eigenvalue weighted by Crippen LogP contribution is -2.36. The molecule has 1 aromatic carbocycles. The van der Waals surface area contributed by atoms with Crippen LogP contribution in [0, 0.1) is 0 Å². The number of rotatable bonds is 1. The van der Waals surface area contributed by atoms with E-state index in [-0.39, 0.29) is 5.91 Å². The Labute approximate surface area is 119 Å². The minimum atomic E-state index is 0.0956. The Morgan fingerprint density at radius 1 is 1.15 bits per heavy atom. The molecule has 0 aliphatic carbocycles. The number of carbonyl (C=O) groups is 1. The maximum atomic E-state index is 11.6. The first-order valence-electron chi connectivity index (χ1n) is 7.08. The minimum Gasteiger partial charge on any atom is -0.491 e. The fourth-order valence-electron chi connectivity index (χ4n) is 2.67. The van der Waals surface area contributed by atoms with E-state index in [9.17, 15) is 4.79 Å². The van der Waals surface area contributed by atoms with Crippen LogP contribution in [0.25, 0.3) is 0 Å². The van der Waals surface area contributed by atoms with Gasteiger partial charge < -0.3 is 19.3 Å². The van der Waals surface area contributed by atoms with Crippen LogP contribution in [0.5, 0.6) is 5.75 Å². The smallest absolute Gasteiger partial charge is 0.219 e. The predicted molar refractivity (Wildman–Crippen MR) is 76.1 cm³/mol. The van der Waals surface area contributed by atoms with Crippen LogP contribution in [-0.2, 0) is 16.1 Å². The summed E-state index contributed by atoms with van der Waals surface area (Å²) in [6, 6.07) is 6.25. The van der Waals surface area contributed by atoms with Crippen molar-refractivity contribution >= 4 is 11.6 Å². The molecule has 0 aromatic heterocycles. The van der Waals surface area contributed by atoms with Gasteiger partial charge in [-0.15, -0.1) is 0 Å². The zero-order valence-corrected chi connectivity index (χ0v) is 11.8. The van der Waals surface area contributed by atoms with Crippen molar-refractivity contribution in [3.8, 4) is 5.75 Å². The van der Waals surface area contributed by atoms with Crippen LogP contribution in [-0.4, -0.2) is 50.3 Å². The van der Waals surface area contributed by atoms with Crippen LogP contribution >= 0.6 is 0 Å². The summed E-state index contributed by atoms with van der Waals surface area (Å²) in [4.78, 5) is 15.7. The van der Waals surface area contributed by atoms with Gasteiger partial charge >= 0.3 is 0 Å². The standard InChI is InChI=1S/C15H20N2O3/c1-12(18)17-6-9-20-15-3-2-14(10-13(15)11-17)16-4-7-19-8-5-16/h2-3,10H,4-9,11H2,1H3. The molecular formula is C15H20N2O3. The molecule has 1 aromatic rings. The molecule has 0 atom stereocenters. The molecule has 2 aliphatic heterocycles. The van der Waals surface area contributed by atoms with Crippen molar-refractivity contribution in [2.24, 2.45) is 0 Å². The van der Waals surface area contributed by atoms with Crippen LogP contribution < -0.4 is 9.64 Å². The molecule has 0 radical (unpaired) electrons. The summed E-state index contributed by atoms with van der Waals surface area (Å²) in [5, 5.41) is 0. The molecule has 0 N–H and O–H groups in total. The monoisotopic (exact) mass is 276 g/mol. The third kappa shape index (κ3) is 2.72. The van der Waals surface area contributed by atoms with Gasteiger partial charge in [0.15, 0.2) is 0 Å². The number of nitrogens with zero attached hydrogens (tertiary/aromatic N) is 2. The van der Waals surface area contributed by atoms with Gasteiger partial charge in [-0.3, -0.25) is 4.79 Å². The summed E-state index contributed by atoms with van der Waals surface area (Å²) < 4.78 is 11.1. The average molecular weight is 276 g/mol. The van der Waals surface area contributed by atoms with E-state index in [1.165, 1.54) is 5.69 Å². The zero-order valence-electron chi connectivity index (χ0n) is 11.8. The Morgan fingerprint density at radius 3 is 2.70 bits per heavy atom. The molecule has 3 rings (SSSR count). The molecule has 0 spiro atoms. The number of amides is 1. The van der Waals surface area contributed by atoms with Crippen molar-refractivity contribution in [2.75, 3.05) is 44.4 Å². The molecule has 0 bridgehead atoms. The fraction of sp³-hybridized carbons (Fsp3) is 0.533. The van der Waals surface area contributed by atoms with Crippen molar-refractivity contribution in [3.05, 3.63) is 23.8 Å². The molecule has 1 fully saturated rings. The van der Waals surface area contributed by atoms with E-state index >= 15 is 0 Å². The first kappa shape index (κ1) is 13.2. The topological polar surface area (TPSA) is 42.0 Å².